The Balaban J connectivity index is 1.09. The predicted molar refractivity (Wildman–Crippen MR) is 269 cm³/mol. The summed E-state index contributed by atoms with van der Waals surface area (Å²) in [6.07, 6.45) is 8.85. The van der Waals surface area contributed by atoms with Crippen LogP contribution in [0.2, 0.25) is 0 Å². The molecular weight excluding hydrogens is 943 g/mol. The molecule has 0 radical (unpaired) electrons. The van der Waals surface area contributed by atoms with Gasteiger partial charge < -0.3 is 24.1 Å². The Bertz CT molecular complexity index is 2870. The molecule has 378 valence electrons. The number of fused-ring (bicyclic) bond motifs is 6. The van der Waals surface area contributed by atoms with E-state index in [4.69, 9.17) is 24.2 Å². The fourth-order valence-corrected chi connectivity index (χ4v) is 13.8. The molecule has 1 aromatic carbocycles. The lowest BCUT2D eigenvalue weighted by Crippen LogP contribution is -2.62. The first-order chi connectivity index (χ1) is 34.2. The molecule has 1 saturated carbocycles. The van der Waals surface area contributed by atoms with Crippen LogP contribution in [0.4, 0.5) is 0 Å². The van der Waals surface area contributed by atoms with E-state index >= 15 is 4.79 Å². The van der Waals surface area contributed by atoms with Gasteiger partial charge in [-0.25, -0.2) is 28.8 Å². The number of amides is 2. The lowest BCUT2D eigenvalue weighted by molar-refractivity contribution is -0.156. The van der Waals surface area contributed by atoms with Crippen LogP contribution in [0.1, 0.15) is 106 Å². The van der Waals surface area contributed by atoms with Crippen molar-refractivity contribution in [2.75, 3.05) is 51.5 Å². The smallest absolute Gasteiger partial charge is 0.324 e. The number of thiazole rings is 1. The number of hydrazine groups is 1. The molecule has 5 aromatic rings. The summed E-state index contributed by atoms with van der Waals surface area (Å²) in [6.45, 7) is 11.0. The third kappa shape index (κ3) is 10.3. The summed E-state index contributed by atoms with van der Waals surface area (Å²) in [5.74, 6) is -1.21. The molecule has 19 heteroatoms. The number of cyclic esters (lactones) is 1. The third-order valence-electron chi connectivity index (χ3n) is 15.3. The summed E-state index contributed by atoms with van der Waals surface area (Å²) < 4.78 is 45.4. The van der Waals surface area contributed by atoms with E-state index in [1.165, 1.54) is 22.7 Å². The molecule has 10 rings (SSSR count). The highest BCUT2D eigenvalue weighted by Crippen LogP contribution is 2.53. The van der Waals surface area contributed by atoms with Crippen LogP contribution < -0.4 is 10.7 Å². The maximum atomic E-state index is 15.2. The molecule has 2 amide bonds. The summed E-state index contributed by atoms with van der Waals surface area (Å²) in [7, 11) is -1.38. The van der Waals surface area contributed by atoms with Gasteiger partial charge in [-0.2, -0.15) is 0 Å². The normalized spacial score (nSPS) is 26.5. The molecule has 4 aliphatic heterocycles. The van der Waals surface area contributed by atoms with Gasteiger partial charge in [0.2, 0.25) is 5.91 Å². The molecule has 0 unspecified atom stereocenters. The van der Waals surface area contributed by atoms with Crippen molar-refractivity contribution >= 4 is 49.9 Å². The molecule has 4 fully saturated rings. The Hall–Kier alpha value is -5.18. The van der Waals surface area contributed by atoms with Crippen LogP contribution in [0.25, 0.3) is 33.4 Å². The zero-order valence-corrected chi connectivity index (χ0v) is 42.8. The summed E-state index contributed by atoms with van der Waals surface area (Å²) >= 11 is 1.49. The Kier molecular flexibility index (Phi) is 14.2. The summed E-state index contributed by atoms with van der Waals surface area (Å²) in [5, 5.41) is 8.55. The quantitative estimate of drug-likeness (QED) is 0.142. The highest BCUT2D eigenvalue weighted by Gasteiger charge is 2.55. The molecule has 8 heterocycles. The number of carbonyl (C=O) groups excluding carboxylic acids is 3. The molecule has 3 saturated heterocycles. The third-order valence-corrected chi connectivity index (χ3v) is 17.9. The van der Waals surface area contributed by atoms with Gasteiger partial charge in [-0.15, -0.1) is 11.3 Å². The van der Waals surface area contributed by atoms with Gasteiger partial charge in [0.25, 0.3) is 5.91 Å². The second-order valence-electron chi connectivity index (χ2n) is 20.8. The van der Waals surface area contributed by atoms with Gasteiger partial charge >= 0.3 is 5.97 Å². The van der Waals surface area contributed by atoms with E-state index in [2.05, 4.69) is 68.3 Å². The number of esters is 1. The molecule has 71 heavy (non-hydrogen) atoms. The van der Waals surface area contributed by atoms with Gasteiger partial charge in [-0.1, -0.05) is 26.8 Å². The van der Waals surface area contributed by atoms with Crippen LogP contribution in [0.15, 0.2) is 60.5 Å². The number of aromatic nitrogens is 5. The number of rotatable bonds is 11. The number of carbonyl (C=O) groups is 3. The number of likely N-dealkylation sites (tertiary alicyclic amines) is 1. The van der Waals surface area contributed by atoms with Crippen LogP contribution in [0.5, 0.6) is 0 Å². The number of nitrogens with zero attached hydrogens (tertiary/aromatic N) is 7. The van der Waals surface area contributed by atoms with E-state index in [9.17, 15) is 18.0 Å². The highest BCUT2D eigenvalue weighted by molar-refractivity contribution is 7.91. The standard InChI is InChI=1S/C52H65N9O8S2/c1-31-42(38-14-18-53-30-55-38)43(31)48(62)57-45-47(59-19-6-7-20-59)49-56-40(28-70-49)33-12-13-41-36(26-33)37(27-52(3,4)29-69-51(64)39-11-9-21-61(58-39)50(45)63)46(35-10-8-17-54-44(35)32(2)67-5)60(41)22-23-68-34-15-24-71(65,66)25-16-34/h8,10,12-14,17-18,26,28,30-32,34,39,42-43,45,47,58H,6-7,9,11,15-16,19-25,27,29H2,1-5H3,(H,57,62)/t31-,32-,39-,42-,43+,45-,47-/m0/s1. The summed E-state index contributed by atoms with van der Waals surface area (Å²) in [5.41, 5.74) is 9.76. The van der Waals surface area contributed by atoms with E-state index in [-0.39, 0.29) is 59.9 Å². The van der Waals surface area contributed by atoms with Gasteiger partial charge in [0.15, 0.2) is 9.84 Å². The average molecular weight is 1010 g/mol. The molecule has 17 nitrogen and oxygen atoms in total. The molecule has 7 atom stereocenters. The molecule has 5 aliphatic rings. The second kappa shape index (κ2) is 20.4. The van der Waals surface area contributed by atoms with Crippen molar-refractivity contribution in [3.8, 4) is 22.5 Å². The highest BCUT2D eigenvalue weighted by atomic mass is 32.2. The molecule has 6 bridgehead atoms. The molecule has 1 aliphatic carbocycles. The first-order valence-corrected chi connectivity index (χ1v) is 27.9. The van der Waals surface area contributed by atoms with Crippen LogP contribution in [0.3, 0.4) is 0 Å². The number of sulfone groups is 1. The first kappa shape index (κ1) is 49.4. The van der Waals surface area contributed by atoms with Gasteiger partial charge in [0, 0.05) is 82.9 Å². The zero-order chi connectivity index (χ0) is 49.6. The topological polar surface area (TPSA) is 200 Å². The summed E-state index contributed by atoms with van der Waals surface area (Å²) in [4.78, 5) is 65.0. The lowest BCUT2D eigenvalue weighted by atomic mass is 9.84. The average Bonchev–Trinajstić information content (AvgIpc) is 3.78. The minimum absolute atomic E-state index is 0.0151. The Morgan fingerprint density at radius 3 is 2.61 bits per heavy atom. The van der Waals surface area contributed by atoms with Crippen LogP contribution >= 0.6 is 11.3 Å². The number of hydrogen-bond acceptors (Lipinski definition) is 15. The van der Waals surface area contributed by atoms with Gasteiger partial charge in [0.05, 0.1) is 60.1 Å². The fourth-order valence-electron chi connectivity index (χ4n) is 11.3. The van der Waals surface area contributed by atoms with Crippen molar-refractivity contribution in [2.45, 2.75) is 115 Å². The minimum atomic E-state index is -3.05. The van der Waals surface area contributed by atoms with E-state index < -0.39 is 39.3 Å². The first-order valence-electron chi connectivity index (χ1n) is 25.2. The zero-order valence-electron chi connectivity index (χ0n) is 41.2. The second-order valence-corrected chi connectivity index (χ2v) is 24.0. The van der Waals surface area contributed by atoms with Crippen LogP contribution in [-0.4, -0.2) is 130 Å². The van der Waals surface area contributed by atoms with Crippen LogP contribution in [-0.2, 0) is 51.4 Å². The maximum absolute atomic E-state index is 15.2. The molecular formula is C52H65N9O8S2. The van der Waals surface area contributed by atoms with Gasteiger partial charge in [-0.3, -0.25) is 29.3 Å². The van der Waals surface area contributed by atoms with E-state index in [0.717, 1.165) is 76.3 Å². The van der Waals surface area contributed by atoms with E-state index in [0.29, 0.717) is 56.8 Å². The number of methoxy groups -OCH3 is 1. The van der Waals surface area contributed by atoms with Crippen molar-refractivity contribution < 1.29 is 37.0 Å². The monoisotopic (exact) mass is 1010 g/mol. The van der Waals surface area contributed by atoms with Crippen molar-refractivity contribution in [3.63, 3.8) is 0 Å². The van der Waals surface area contributed by atoms with E-state index in [1.807, 2.05) is 31.4 Å². The Labute approximate surface area is 419 Å². The van der Waals surface area contributed by atoms with E-state index in [1.54, 1.807) is 19.5 Å². The van der Waals surface area contributed by atoms with Crippen molar-refractivity contribution in [3.05, 3.63) is 82.5 Å². The molecule has 0 spiro atoms. The van der Waals surface area contributed by atoms with Crippen molar-refractivity contribution in [1.82, 2.24) is 45.2 Å². The number of ether oxygens (including phenoxy) is 3. The SMILES string of the molecule is CO[C@@H](C)c1ncccc1-c1c2c3cc(ccc3n1CCOC1CCS(=O)(=O)CC1)-c1csc(n1)[C@@H](N1CCCC1)[C@H](NC(=O)[C@@H]1[C@@H](C)[C@H]1c1ccncn1)C(=O)N1CCC[C@H](N1)C(=O)OCC(C)(C)C2. The maximum Gasteiger partial charge on any atom is 0.324 e. The largest absolute Gasteiger partial charge is 0.464 e. The van der Waals surface area contributed by atoms with Crippen molar-refractivity contribution in [1.29, 1.82) is 0 Å². The Morgan fingerprint density at radius 2 is 1.85 bits per heavy atom. The molecule has 4 aromatic heterocycles. The lowest BCUT2D eigenvalue weighted by Gasteiger charge is -2.39. The van der Waals surface area contributed by atoms with Crippen LogP contribution in [0, 0.1) is 17.3 Å². The predicted octanol–water partition coefficient (Wildman–Crippen LogP) is 6.21. The summed E-state index contributed by atoms with van der Waals surface area (Å²) in [6, 6.07) is 9.87. The number of pyridine rings is 1. The minimum Gasteiger partial charge on any atom is -0.464 e. The van der Waals surface area contributed by atoms with Gasteiger partial charge in [0.1, 0.15) is 23.4 Å². The Morgan fingerprint density at radius 1 is 1.04 bits per heavy atom. The van der Waals surface area contributed by atoms with Gasteiger partial charge in [-0.05, 0) is 107 Å². The number of nitrogens with one attached hydrogen (secondary N) is 2. The fraction of sp³-hybridized carbons (Fsp3) is 0.558. The number of benzene rings is 1. The van der Waals surface area contributed by atoms with Crippen molar-refractivity contribution in [2.24, 2.45) is 17.3 Å². The molecule has 2 N–H and O–H groups in total. The number of hydrogen-bond donors (Lipinski definition) is 2.